The highest BCUT2D eigenvalue weighted by Crippen LogP contribution is 2.13. The zero-order chi connectivity index (χ0) is 18.0. The minimum absolute atomic E-state index is 0. The standard InChI is InChI=1S/C24H43O.ClH/c1-3-4-5-6-7-8-9-10-11-12-13-14-15-19-22-25(2)23-24-20-17-16-18-21-24;/h16-18,20-21H,3-15,19,22-23H2,1-2H3;1H/q+1;/p-1. The summed E-state index contributed by atoms with van der Waals surface area (Å²) in [7, 11) is 2.16. The van der Waals surface area contributed by atoms with Gasteiger partial charge in [0, 0.05) is 12.0 Å². The molecule has 0 unspecified atom stereocenters. The highest BCUT2D eigenvalue weighted by atomic mass is 35.5. The molecular weight excluding hydrogens is 340 g/mol. The number of halogens is 1. The maximum atomic E-state index is 3.26. The molecule has 0 atom stereocenters. The molecule has 0 aliphatic carbocycles. The van der Waals surface area contributed by atoms with Crippen LogP contribution in [-0.4, -0.2) is 13.7 Å². The van der Waals surface area contributed by atoms with E-state index in [4.69, 9.17) is 0 Å². The number of benzene rings is 1. The van der Waals surface area contributed by atoms with Crippen molar-refractivity contribution >= 4 is 0 Å². The summed E-state index contributed by atoms with van der Waals surface area (Å²) in [6.45, 7) is 4.44. The van der Waals surface area contributed by atoms with Crippen molar-refractivity contribution in [1.82, 2.24) is 0 Å². The third kappa shape index (κ3) is 15.7. The van der Waals surface area contributed by atoms with Crippen molar-refractivity contribution in [2.75, 3.05) is 13.7 Å². The fraction of sp³-hybridized carbons (Fsp3) is 0.750. The average Bonchev–Trinajstić information content (AvgIpc) is 2.63. The first-order valence-electron chi connectivity index (χ1n) is 11.0. The van der Waals surface area contributed by atoms with E-state index in [2.05, 4.69) is 48.7 Å². The molecule has 0 saturated carbocycles. The van der Waals surface area contributed by atoms with Crippen molar-refractivity contribution < 1.29 is 16.8 Å². The normalized spacial score (nSPS) is 10.9. The molecule has 0 aromatic heterocycles. The monoisotopic (exact) mass is 382 g/mol. The highest BCUT2D eigenvalue weighted by Gasteiger charge is 2.04. The molecule has 2 heteroatoms. The fourth-order valence-electron chi connectivity index (χ4n) is 3.47. The van der Waals surface area contributed by atoms with Gasteiger partial charge in [-0.1, -0.05) is 114 Å². The van der Waals surface area contributed by atoms with Gasteiger partial charge in [-0.05, 0) is 6.42 Å². The van der Waals surface area contributed by atoms with Crippen molar-refractivity contribution in [1.29, 1.82) is 0 Å². The Labute approximate surface area is 170 Å². The molecule has 152 valence electrons. The van der Waals surface area contributed by atoms with E-state index in [0.29, 0.717) is 0 Å². The van der Waals surface area contributed by atoms with Gasteiger partial charge in [-0.15, -0.1) is 0 Å². The molecule has 0 bridgehead atoms. The summed E-state index contributed by atoms with van der Waals surface area (Å²) in [5, 5.41) is 0. The van der Waals surface area contributed by atoms with Gasteiger partial charge in [0.05, 0.1) is 0 Å². The number of rotatable bonds is 17. The second-order valence-corrected chi connectivity index (χ2v) is 7.71. The van der Waals surface area contributed by atoms with Gasteiger partial charge in [-0.25, -0.2) is 0 Å². The predicted molar refractivity (Wildman–Crippen MR) is 112 cm³/mol. The molecule has 0 fully saturated rings. The summed E-state index contributed by atoms with van der Waals surface area (Å²) in [5.74, 6) is 0. The van der Waals surface area contributed by atoms with Gasteiger partial charge in [0.1, 0.15) is 13.7 Å². The van der Waals surface area contributed by atoms with E-state index >= 15 is 0 Å². The first-order chi connectivity index (χ1) is 12.3. The van der Waals surface area contributed by atoms with Crippen LogP contribution in [0.5, 0.6) is 0 Å². The number of hydrogen-bond acceptors (Lipinski definition) is 0. The van der Waals surface area contributed by atoms with E-state index in [9.17, 15) is 0 Å². The predicted octanol–water partition coefficient (Wildman–Crippen LogP) is 4.85. The smallest absolute Gasteiger partial charge is 0.172 e. The summed E-state index contributed by atoms with van der Waals surface area (Å²) >= 11 is 0. The van der Waals surface area contributed by atoms with Crippen LogP contribution in [0.1, 0.15) is 102 Å². The second kappa shape index (κ2) is 19.2. The second-order valence-electron chi connectivity index (χ2n) is 7.71. The van der Waals surface area contributed by atoms with E-state index in [1.54, 1.807) is 0 Å². The first-order valence-corrected chi connectivity index (χ1v) is 11.0. The fourth-order valence-corrected chi connectivity index (χ4v) is 3.47. The lowest BCUT2D eigenvalue weighted by Crippen LogP contribution is -3.00. The molecule has 0 heterocycles. The third-order valence-corrected chi connectivity index (χ3v) is 5.10. The van der Waals surface area contributed by atoms with Crippen molar-refractivity contribution in [3.05, 3.63) is 35.9 Å². The van der Waals surface area contributed by atoms with E-state index in [0.717, 1.165) is 13.2 Å². The molecule has 0 radical (unpaired) electrons. The molecule has 26 heavy (non-hydrogen) atoms. The van der Waals surface area contributed by atoms with Crippen LogP contribution in [0.4, 0.5) is 0 Å². The minimum atomic E-state index is 0. The molecule has 0 spiro atoms. The lowest BCUT2D eigenvalue weighted by molar-refractivity contribution is -0.115. The van der Waals surface area contributed by atoms with Gasteiger partial charge in [0.2, 0.25) is 0 Å². The lowest BCUT2D eigenvalue weighted by Gasteiger charge is -2.14. The van der Waals surface area contributed by atoms with E-state index in [1.165, 1.54) is 95.5 Å². The van der Waals surface area contributed by atoms with E-state index < -0.39 is 0 Å². The Balaban J connectivity index is 0.00000625. The third-order valence-electron chi connectivity index (χ3n) is 5.10. The Bertz CT molecular complexity index is 379. The zero-order valence-corrected chi connectivity index (χ0v) is 18.2. The average molecular weight is 383 g/mol. The van der Waals surface area contributed by atoms with Crippen LogP contribution in [-0.2, 0) is 11.0 Å². The van der Waals surface area contributed by atoms with Gasteiger partial charge >= 0.3 is 0 Å². The molecule has 1 nitrogen and oxygen atoms in total. The molecule has 0 saturated heterocycles. The Kier molecular flexibility index (Phi) is 18.8. The van der Waals surface area contributed by atoms with Crippen LogP contribution in [0.2, 0.25) is 0 Å². The van der Waals surface area contributed by atoms with Crippen LogP contribution in [0.3, 0.4) is 0 Å². The molecule has 1 rings (SSSR count). The molecule has 1 aromatic rings. The molecule has 0 N–H and O–H groups in total. The maximum absolute atomic E-state index is 3.26. The Morgan fingerprint density at radius 3 is 1.50 bits per heavy atom. The summed E-state index contributed by atoms with van der Waals surface area (Å²) in [6, 6.07) is 10.7. The van der Waals surface area contributed by atoms with Crippen LogP contribution >= 0.6 is 0 Å². The Morgan fingerprint density at radius 1 is 0.615 bits per heavy atom. The summed E-state index contributed by atoms with van der Waals surface area (Å²) in [5.41, 5.74) is 1.39. The van der Waals surface area contributed by atoms with Crippen molar-refractivity contribution in [3.63, 3.8) is 0 Å². The van der Waals surface area contributed by atoms with Gasteiger partial charge in [0.25, 0.3) is 0 Å². The van der Waals surface area contributed by atoms with Gasteiger partial charge < -0.3 is 16.8 Å². The van der Waals surface area contributed by atoms with Crippen LogP contribution in [0.25, 0.3) is 0 Å². The van der Waals surface area contributed by atoms with E-state index in [-0.39, 0.29) is 12.4 Å². The lowest BCUT2D eigenvalue weighted by atomic mass is 10.0. The largest absolute Gasteiger partial charge is 1.00 e. The summed E-state index contributed by atoms with van der Waals surface area (Å²) < 4.78 is 3.26. The Morgan fingerprint density at radius 2 is 1.04 bits per heavy atom. The van der Waals surface area contributed by atoms with Gasteiger partial charge in [-0.2, -0.15) is 0 Å². The summed E-state index contributed by atoms with van der Waals surface area (Å²) in [4.78, 5) is 0. The van der Waals surface area contributed by atoms with Gasteiger partial charge in [0.15, 0.2) is 6.61 Å². The van der Waals surface area contributed by atoms with Crippen LogP contribution < -0.4 is 12.4 Å². The molecule has 0 aliphatic heterocycles. The number of hydrogen-bond donors (Lipinski definition) is 0. The maximum Gasteiger partial charge on any atom is 0.172 e. The topological polar surface area (TPSA) is 2.70 Å². The van der Waals surface area contributed by atoms with Crippen molar-refractivity contribution in [3.8, 4) is 0 Å². The summed E-state index contributed by atoms with van der Waals surface area (Å²) in [6.07, 6.45) is 20.0. The molecule has 1 aromatic carbocycles. The molecular formula is C24H43ClO. The SMILES string of the molecule is CCCCCCCCCCCCCCCC[O+](C)Cc1ccccc1.[Cl-]. The Hall–Kier alpha value is -0.530. The quantitative estimate of drug-likeness (QED) is 0.267. The minimum Gasteiger partial charge on any atom is -1.00 e. The molecule has 0 amide bonds. The van der Waals surface area contributed by atoms with Crippen molar-refractivity contribution in [2.45, 2.75) is 103 Å². The van der Waals surface area contributed by atoms with Crippen LogP contribution in [0, 0.1) is 0 Å². The first kappa shape index (κ1) is 25.5. The zero-order valence-electron chi connectivity index (χ0n) is 17.5. The molecule has 0 aliphatic rings. The van der Waals surface area contributed by atoms with E-state index in [1.807, 2.05) is 0 Å². The van der Waals surface area contributed by atoms with Gasteiger partial charge in [-0.3, -0.25) is 0 Å². The number of unbranched alkanes of at least 4 members (excludes halogenated alkanes) is 13. The van der Waals surface area contributed by atoms with Crippen LogP contribution in [0.15, 0.2) is 30.3 Å². The van der Waals surface area contributed by atoms with Crippen molar-refractivity contribution in [2.24, 2.45) is 0 Å². The highest BCUT2D eigenvalue weighted by molar-refractivity contribution is 5.13.